The van der Waals surface area contributed by atoms with Crippen molar-refractivity contribution < 1.29 is 4.79 Å². The lowest BCUT2D eigenvalue weighted by atomic mass is 9.98. The quantitative estimate of drug-likeness (QED) is 0.888. The third-order valence-electron chi connectivity index (χ3n) is 4.07. The lowest BCUT2D eigenvalue weighted by molar-refractivity contribution is 0.0678. The third-order valence-corrected chi connectivity index (χ3v) is 6.62. The number of nitrogens with one attached hydrogen (secondary N) is 1. The molecule has 0 aliphatic carbocycles. The molecule has 1 aliphatic rings. The second-order valence-electron chi connectivity index (χ2n) is 5.85. The van der Waals surface area contributed by atoms with Gasteiger partial charge in [-0.3, -0.25) is 4.79 Å². The minimum atomic E-state index is 0.120. The Labute approximate surface area is 149 Å². The molecule has 1 fully saturated rings. The van der Waals surface area contributed by atoms with Crippen molar-refractivity contribution in [2.75, 3.05) is 26.7 Å². The van der Waals surface area contributed by atoms with Gasteiger partial charge >= 0.3 is 0 Å². The first kappa shape index (κ1) is 16.9. The van der Waals surface area contributed by atoms with Crippen molar-refractivity contribution in [3.8, 4) is 9.88 Å². The fraction of sp³-hybridized carbons (Fsp3) is 0.500. The summed E-state index contributed by atoms with van der Waals surface area (Å²) >= 11 is 8.97. The summed E-state index contributed by atoms with van der Waals surface area (Å²) in [6.45, 7) is 4.55. The summed E-state index contributed by atoms with van der Waals surface area (Å²) in [4.78, 5) is 21.2. The topological polar surface area (TPSA) is 45.2 Å². The molecule has 7 heteroatoms. The second-order valence-corrected chi connectivity index (χ2v) is 8.57. The Morgan fingerprint density at radius 3 is 3.00 bits per heavy atom. The molecule has 1 aliphatic heterocycles. The molecular weight excluding hydrogens is 350 g/mol. The predicted molar refractivity (Wildman–Crippen MR) is 97.7 cm³/mol. The number of aromatic nitrogens is 1. The number of rotatable bonds is 4. The van der Waals surface area contributed by atoms with Gasteiger partial charge in [0.15, 0.2) is 0 Å². The van der Waals surface area contributed by atoms with Gasteiger partial charge in [-0.1, -0.05) is 11.6 Å². The number of halogens is 1. The lowest BCUT2D eigenvalue weighted by Crippen LogP contribution is -2.42. The van der Waals surface area contributed by atoms with Gasteiger partial charge in [-0.15, -0.1) is 22.7 Å². The van der Waals surface area contributed by atoms with Gasteiger partial charge in [-0.2, -0.15) is 0 Å². The number of nitrogens with zero attached hydrogens (tertiary/aromatic N) is 2. The number of aryl methyl sites for hydroxylation is 1. The van der Waals surface area contributed by atoms with Crippen LogP contribution in [0.15, 0.2) is 12.1 Å². The predicted octanol–water partition coefficient (Wildman–Crippen LogP) is 3.91. The molecular formula is C16H20ClN3OS2. The van der Waals surface area contributed by atoms with E-state index in [0.717, 1.165) is 50.8 Å². The molecule has 1 saturated heterocycles. The van der Waals surface area contributed by atoms with E-state index in [1.807, 2.05) is 31.0 Å². The van der Waals surface area contributed by atoms with Gasteiger partial charge in [0.25, 0.3) is 5.91 Å². The van der Waals surface area contributed by atoms with Crippen molar-refractivity contribution in [3.63, 3.8) is 0 Å². The number of amides is 1. The zero-order valence-electron chi connectivity index (χ0n) is 13.3. The lowest BCUT2D eigenvalue weighted by Gasteiger charge is -2.32. The molecule has 3 heterocycles. The van der Waals surface area contributed by atoms with E-state index in [-0.39, 0.29) is 5.91 Å². The molecule has 1 N–H and O–H groups in total. The van der Waals surface area contributed by atoms with Crippen LogP contribution >= 0.6 is 34.3 Å². The van der Waals surface area contributed by atoms with E-state index in [2.05, 4.69) is 10.3 Å². The number of hydrogen-bond donors (Lipinski definition) is 1. The Balaban J connectivity index is 1.78. The van der Waals surface area contributed by atoms with Crippen molar-refractivity contribution in [2.24, 2.45) is 5.92 Å². The monoisotopic (exact) mass is 369 g/mol. The number of thiazole rings is 1. The zero-order chi connectivity index (χ0) is 16.4. The Hall–Kier alpha value is -0.950. The van der Waals surface area contributed by atoms with Crippen LogP contribution in [0.2, 0.25) is 4.34 Å². The fourth-order valence-corrected chi connectivity index (χ4v) is 5.11. The summed E-state index contributed by atoms with van der Waals surface area (Å²) in [5.74, 6) is 0.663. The number of carbonyl (C=O) groups is 1. The van der Waals surface area contributed by atoms with Crippen molar-refractivity contribution in [2.45, 2.75) is 19.8 Å². The van der Waals surface area contributed by atoms with Crippen molar-refractivity contribution in [1.82, 2.24) is 15.2 Å². The standard InChI is InChI=1S/C16H20ClN3OS2/c1-10-14(23-15(19-10)12-5-6-13(17)22-12)16(21)20-7-3-4-11(9-20)8-18-2/h5-6,11,18H,3-4,7-9H2,1-2H3/t11-/m0/s1. The van der Waals surface area contributed by atoms with Gasteiger partial charge < -0.3 is 10.2 Å². The van der Waals surface area contributed by atoms with Gasteiger partial charge in [0, 0.05) is 13.1 Å². The van der Waals surface area contributed by atoms with Crippen LogP contribution in [0.1, 0.15) is 28.2 Å². The molecule has 0 saturated carbocycles. The largest absolute Gasteiger partial charge is 0.338 e. The molecule has 1 atom stereocenters. The smallest absolute Gasteiger partial charge is 0.265 e. The van der Waals surface area contributed by atoms with E-state index in [1.165, 1.54) is 29.1 Å². The van der Waals surface area contributed by atoms with E-state index in [9.17, 15) is 4.79 Å². The zero-order valence-corrected chi connectivity index (χ0v) is 15.7. The number of carbonyl (C=O) groups excluding carboxylic acids is 1. The van der Waals surface area contributed by atoms with Crippen LogP contribution in [0, 0.1) is 12.8 Å². The Bertz CT molecular complexity index is 695. The highest BCUT2D eigenvalue weighted by Gasteiger charge is 2.27. The number of hydrogen-bond acceptors (Lipinski definition) is 5. The molecule has 0 bridgehead atoms. The second kappa shape index (κ2) is 7.30. The fourth-order valence-electron chi connectivity index (χ4n) is 2.98. The molecule has 124 valence electrons. The molecule has 0 unspecified atom stereocenters. The molecule has 0 spiro atoms. The van der Waals surface area contributed by atoms with E-state index < -0.39 is 0 Å². The Kier molecular flexibility index (Phi) is 5.36. The molecule has 2 aromatic heterocycles. The maximum atomic E-state index is 12.9. The van der Waals surface area contributed by atoms with Crippen LogP contribution in [0.25, 0.3) is 9.88 Å². The highest BCUT2D eigenvalue weighted by atomic mass is 35.5. The molecule has 1 amide bonds. The van der Waals surface area contributed by atoms with Crippen molar-refractivity contribution >= 4 is 40.2 Å². The molecule has 2 aromatic rings. The van der Waals surface area contributed by atoms with Crippen LogP contribution in [0.4, 0.5) is 0 Å². The maximum absolute atomic E-state index is 12.9. The first-order valence-electron chi connectivity index (χ1n) is 7.75. The summed E-state index contributed by atoms with van der Waals surface area (Å²) in [5.41, 5.74) is 0.815. The molecule has 0 aromatic carbocycles. The van der Waals surface area contributed by atoms with Crippen LogP contribution < -0.4 is 5.32 Å². The molecule has 0 radical (unpaired) electrons. The average Bonchev–Trinajstić information content (AvgIpc) is 3.13. The van der Waals surface area contributed by atoms with Gasteiger partial charge in [0.1, 0.15) is 9.88 Å². The van der Waals surface area contributed by atoms with Gasteiger partial charge in [0.2, 0.25) is 0 Å². The van der Waals surface area contributed by atoms with E-state index in [4.69, 9.17) is 11.6 Å². The first-order valence-corrected chi connectivity index (χ1v) is 9.76. The normalized spacial score (nSPS) is 18.4. The number of likely N-dealkylation sites (tertiary alicyclic amines) is 1. The number of piperidine rings is 1. The van der Waals surface area contributed by atoms with Gasteiger partial charge in [-0.25, -0.2) is 4.98 Å². The van der Waals surface area contributed by atoms with Crippen LogP contribution in [0.5, 0.6) is 0 Å². The highest BCUT2D eigenvalue weighted by Crippen LogP contribution is 2.35. The average molecular weight is 370 g/mol. The van der Waals surface area contributed by atoms with E-state index in [0.29, 0.717) is 5.92 Å². The SMILES string of the molecule is CNC[C@@H]1CCCN(C(=O)c2sc(-c3ccc(Cl)s3)nc2C)C1. The summed E-state index contributed by atoms with van der Waals surface area (Å²) in [6.07, 6.45) is 2.26. The van der Waals surface area contributed by atoms with Gasteiger partial charge in [0.05, 0.1) is 14.9 Å². The maximum Gasteiger partial charge on any atom is 0.265 e. The number of thiophene rings is 1. The molecule has 23 heavy (non-hydrogen) atoms. The van der Waals surface area contributed by atoms with Crippen molar-refractivity contribution in [1.29, 1.82) is 0 Å². The van der Waals surface area contributed by atoms with Gasteiger partial charge in [-0.05, 0) is 51.4 Å². The minimum Gasteiger partial charge on any atom is -0.338 e. The summed E-state index contributed by atoms with van der Waals surface area (Å²) in [5, 5.41) is 4.10. The van der Waals surface area contributed by atoms with Crippen LogP contribution in [0.3, 0.4) is 0 Å². The van der Waals surface area contributed by atoms with E-state index >= 15 is 0 Å². The van der Waals surface area contributed by atoms with Crippen LogP contribution in [-0.4, -0.2) is 42.5 Å². The summed E-state index contributed by atoms with van der Waals surface area (Å²) in [7, 11) is 1.96. The van der Waals surface area contributed by atoms with E-state index in [1.54, 1.807) is 0 Å². The molecule has 3 rings (SSSR count). The summed E-state index contributed by atoms with van der Waals surface area (Å²) in [6, 6.07) is 3.83. The third kappa shape index (κ3) is 3.76. The minimum absolute atomic E-state index is 0.120. The highest BCUT2D eigenvalue weighted by molar-refractivity contribution is 7.24. The van der Waals surface area contributed by atoms with Crippen molar-refractivity contribution in [3.05, 3.63) is 27.0 Å². The van der Waals surface area contributed by atoms with Crippen LogP contribution in [-0.2, 0) is 0 Å². The first-order chi connectivity index (χ1) is 11.1. The Morgan fingerprint density at radius 1 is 1.48 bits per heavy atom. The molecule has 4 nitrogen and oxygen atoms in total. The Morgan fingerprint density at radius 2 is 2.30 bits per heavy atom. The summed E-state index contributed by atoms with van der Waals surface area (Å²) < 4.78 is 0.742.